The number of carboxylic acids is 1. The number of hydrogen-bond donors (Lipinski definition) is 2. The maximum atomic E-state index is 11.8. The van der Waals surface area contributed by atoms with Crippen molar-refractivity contribution in [2.45, 2.75) is 64.3 Å². The van der Waals surface area contributed by atoms with Gasteiger partial charge >= 0.3 is 5.97 Å². The van der Waals surface area contributed by atoms with Gasteiger partial charge in [0.05, 0.1) is 5.41 Å². The Kier molecular flexibility index (Phi) is 2.55. The molecule has 0 unspecified atom stereocenters. The second-order valence-corrected chi connectivity index (χ2v) is 7.41. The summed E-state index contributed by atoms with van der Waals surface area (Å²) in [4.78, 5) is 23.4. The summed E-state index contributed by atoms with van der Waals surface area (Å²) in [5, 5.41) is 12.8. The van der Waals surface area contributed by atoms with Crippen LogP contribution in [0.15, 0.2) is 0 Å². The Morgan fingerprint density at radius 1 is 1.21 bits per heavy atom. The summed E-state index contributed by atoms with van der Waals surface area (Å²) < 4.78 is 0. The second kappa shape index (κ2) is 3.74. The molecule has 0 aromatic carbocycles. The maximum absolute atomic E-state index is 11.8. The molecule has 4 heteroatoms. The van der Waals surface area contributed by atoms with E-state index in [1.165, 1.54) is 0 Å². The van der Waals surface area contributed by atoms with Gasteiger partial charge in [0.1, 0.15) is 0 Å². The first kappa shape index (κ1) is 12.9. The summed E-state index contributed by atoms with van der Waals surface area (Å²) in [5.74, 6) is -0.197. The number of carbonyl (C=O) groups excluding carboxylic acids is 1. The molecule has 4 aliphatic rings. The first-order chi connectivity index (χ1) is 8.83. The molecule has 0 saturated heterocycles. The zero-order chi connectivity index (χ0) is 13.9. The van der Waals surface area contributed by atoms with Crippen LogP contribution in [0, 0.1) is 16.7 Å². The van der Waals surface area contributed by atoms with E-state index >= 15 is 0 Å². The quantitative estimate of drug-likeness (QED) is 0.823. The van der Waals surface area contributed by atoms with Crippen molar-refractivity contribution in [2.75, 3.05) is 0 Å². The second-order valence-electron chi connectivity index (χ2n) is 7.41. The Balaban J connectivity index is 2.01. The van der Waals surface area contributed by atoms with Crippen LogP contribution < -0.4 is 5.32 Å². The average molecular weight is 265 g/mol. The van der Waals surface area contributed by atoms with Gasteiger partial charge in [0.2, 0.25) is 5.91 Å². The molecule has 4 nitrogen and oxygen atoms in total. The van der Waals surface area contributed by atoms with Gasteiger partial charge < -0.3 is 10.4 Å². The van der Waals surface area contributed by atoms with Crippen LogP contribution in [0.5, 0.6) is 0 Å². The van der Waals surface area contributed by atoms with Crippen molar-refractivity contribution in [2.24, 2.45) is 16.7 Å². The molecule has 2 N–H and O–H groups in total. The number of carbonyl (C=O) groups is 2. The summed E-state index contributed by atoms with van der Waals surface area (Å²) in [6.45, 7) is 3.72. The summed E-state index contributed by atoms with van der Waals surface area (Å²) in [6.07, 6.45) is 6.38. The molecule has 0 spiro atoms. The average Bonchev–Trinajstić information content (AvgIpc) is 2.25. The van der Waals surface area contributed by atoms with E-state index in [0.29, 0.717) is 12.3 Å². The van der Waals surface area contributed by atoms with Crippen molar-refractivity contribution < 1.29 is 14.7 Å². The lowest BCUT2D eigenvalue weighted by Gasteiger charge is -2.65. The summed E-state index contributed by atoms with van der Waals surface area (Å²) in [5.41, 5.74) is -0.697. The van der Waals surface area contributed by atoms with E-state index in [2.05, 4.69) is 12.2 Å². The van der Waals surface area contributed by atoms with Crippen molar-refractivity contribution in [3.05, 3.63) is 0 Å². The molecule has 1 amide bonds. The fourth-order valence-electron chi connectivity index (χ4n) is 5.78. The molecule has 19 heavy (non-hydrogen) atoms. The molecule has 0 heterocycles. The van der Waals surface area contributed by atoms with Crippen LogP contribution in [0.25, 0.3) is 0 Å². The number of carboxylic acid groups (broad SMARTS) is 1. The largest absolute Gasteiger partial charge is 0.481 e. The SMILES string of the molecule is CC[C@@]12C[C@@H]3C[C@@](NC(C)=O)(C1)C[C@@](C(=O)O)(C3)C2. The monoisotopic (exact) mass is 265 g/mol. The minimum atomic E-state index is -0.649. The van der Waals surface area contributed by atoms with E-state index in [1.807, 2.05) is 0 Å². The van der Waals surface area contributed by atoms with Gasteiger partial charge in [-0.15, -0.1) is 0 Å². The smallest absolute Gasteiger partial charge is 0.309 e. The van der Waals surface area contributed by atoms with Crippen LogP contribution in [-0.4, -0.2) is 22.5 Å². The molecule has 4 saturated carbocycles. The Bertz CT molecular complexity index is 449. The standard InChI is InChI=1S/C15H23NO3/c1-3-13-4-11-5-14(7-13,12(18)19)9-15(6-11,8-13)16-10(2)17/h11H,3-9H2,1-2H3,(H,16,17)(H,18,19)/t11-,13-,14+,15+/m0/s1. The fraction of sp³-hybridized carbons (Fsp3) is 0.867. The topological polar surface area (TPSA) is 66.4 Å². The molecular formula is C15H23NO3. The number of nitrogens with one attached hydrogen (secondary N) is 1. The van der Waals surface area contributed by atoms with Crippen LogP contribution in [0.4, 0.5) is 0 Å². The molecular weight excluding hydrogens is 242 g/mol. The van der Waals surface area contributed by atoms with Crippen molar-refractivity contribution in [3.8, 4) is 0 Å². The van der Waals surface area contributed by atoms with Crippen LogP contribution in [-0.2, 0) is 9.59 Å². The molecule has 0 aliphatic heterocycles. The molecule has 4 bridgehead atoms. The molecule has 0 radical (unpaired) electrons. The Morgan fingerprint density at radius 3 is 2.53 bits per heavy atom. The lowest BCUT2D eigenvalue weighted by Crippen LogP contribution is -2.67. The van der Waals surface area contributed by atoms with E-state index < -0.39 is 11.4 Å². The highest BCUT2D eigenvalue weighted by Gasteiger charge is 2.65. The highest BCUT2D eigenvalue weighted by molar-refractivity contribution is 5.77. The summed E-state index contributed by atoms with van der Waals surface area (Å²) in [7, 11) is 0. The lowest BCUT2D eigenvalue weighted by atomic mass is 9.41. The lowest BCUT2D eigenvalue weighted by molar-refractivity contribution is -0.182. The predicted octanol–water partition coefficient (Wildman–Crippen LogP) is 2.33. The van der Waals surface area contributed by atoms with Gasteiger partial charge in [-0.1, -0.05) is 13.3 Å². The van der Waals surface area contributed by atoms with E-state index in [-0.39, 0.29) is 16.9 Å². The van der Waals surface area contributed by atoms with Crippen molar-refractivity contribution in [1.82, 2.24) is 5.32 Å². The van der Waals surface area contributed by atoms with Gasteiger partial charge in [-0.2, -0.15) is 0 Å². The van der Waals surface area contributed by atoms with Crippen molar-refractivity contribution in [3.63, 3.8) is 0 Å². The number of aliphatic carboxylic acids is 1. The van der Waals surface area contributed by atoms with Crippen LogP contribution in [0.1, 0.15) is 58.8 Å². The first-order valence-corrected chi connectivity index (χ1v) is 7.35. The summed E-state index contributed by atoms with van der Waals surface area (Å²) >= 11 is 0. The maximum Gasteiger partial charge on any atom is 0.309 e. The number of rotatable bonds is 3. The third-order valence-corrected chi connectivity index (χ3v) is 5.83. The van der Waals surface area contributed by atoms with Crippen LogP contribution in [0.2, 0.25) is 0 Å². The first-order valence-electron chi connectivity index (χ1n) is 7.35. The zero-order valence-corrected chi connectivity index (χ0v) is 11.8. The van der Waals surface area contributed by atoms with Crippen molar-refractivity contribution >= 4 is 11.9 Å². The Hall–Kier alpha value is -1.06. The van der Waals surface area contributed by atoms with Crippen LogP contribution in [0.3, 0.4) is 0 Å². The molecule has 4 fully saturated rings. The van der Waals surface area contributed by atoms with Gasteiger partial charge in [0, 0.05) is 12.5 Å². The van der Waals surface area contributed by atoms with Crippen molar-refractivity contribution in [1.29, 1.82) is 0 Å². The van der Waals surface area contributed by atoms with Gasteiger partial charge in [-0.3, -0.25) is 9.59 Å². The molecule has 4 aliphatic carbocycles. The van der Waals surface area contributed by atoms with E-state index in [0.717, 1.165) is 38.5 Å². The van der Waals surface area contributed by atoms with E-state index in [1.54, 1.807) is 6.92 Å². The highest BCUT2D eigenvalue weighted by atomic mass is 16.4. The predicted molar refractivity (Wildman–Crippen MR) is 70.5 cm³/mol. The Morgan fingerprint density at radius 2 is 1.95 bits per heavy atom. The van der Waals surface area contributed by atoms with Gasteiger partial charge in [-0.25, -0.2) is 0 Å². The fourth-order valence-corrected chi connectivity index (χ4v) is 5.78. The molecule has 106 valence electrons. The molecule has 4 rings (SSSR count). The number of hydrogen-bond acceptors (Lipinski definition) is 2. The minimum absolute atomic E-state index is 0.0197. The third-order valence-electron chi connectivity index (χ3n) is 5.83. The molecule has 4 atom stereocenters. The number of amides is 1. The van der Waals surface area contributed by atoms with Gasteiger partial charge in [0.15, 0.2) is 0 Å². The normalized spacial score (nSPS) is 47.2. The van der Waals surface area contributed by atoms with Crippen LogP contribution >= 0.6 is 0 Å². The Labute approximate surface area is 113 Å². The summed E-state index contributed by atoms with van der Waals surface area (Å²) in [6, 6.07) is 0. The van der Waals surface area contributed by atoms with E-state index in [9.17, 15) is 14.7 Å². The molecule has 0 aromatic heterocycles. The zero-order valence-electron chi connectivity index (χ0n) is 11.8. The molecule has 0 aromatic rings. The third kappa shape index (κ3) is 1.79. The van der Waals surface area contributed by atoms with Gasteiger partial charge in [0.25, 0.3) is 0 Å². The highest BCUT2D eigenvalue weighted by Crippen LogP contribution is 2.67. The van der Waals surface area contributed by atoms with Gasteiger partial charge in [-0.05, 0) is 49.9 Å². The van der Waals surface area contributed by atoms with E-state index in [4.69, 9.17) is 0 Å². The minimum Gasteiger partial charge on any atom is -0.481 e.